The number of anilines is 1. The van der Waals surface area contributed by atoms with Crippen molar-refractivity contribution >= 4 is 11.9 Å². The molecule has 1 amide bonds. The molecular weight excluding hydrogens is 368 g/mol. The van der Waals surface area contributed by atoms with Gasteiger partial charge in [0.2, 0.25) is 5.95 Å². The standard InChI is InChI=1S/C22H28N4O3/c1-15(2)29-20-6-5-16-9-19(10-17(16)11-20)25-22-23-12-18(13-24-22)21(27)26-7-3-4-8-28-14-26/h5-6,11-13,15,19H,3-4,7-10,14H2,1-2H3,(H,23,24,25). The van der Waals surface area contributed by atoms with E-state index in [1.807, 2.05) is 19.9 Å². The summed E-state index contributed by atoms with van der Waals surface area (Å²) in [6.45, 7) is 5.81. The van der Waals surface area contributed by atoms with Crippen molar-refractivity contribution in [2.24, 2.45) is 0 Å². The fourth-order valence-electron chi connectivity index (χ4n) is 3.83. The lowest BCUT2D eigenvalue weighted by atomic mass is 10.1. The minimum atomic E-state index is -0.0793. The number of fused-ring (bicyclic) bond motifs is 1. The molecular formula is C22H28N4O3. The summed E-state index contributed by atoms with van der Waals surface area (Å²) in [6.07, 6.45) is 7.13. The Balaban J connectivity index is 1.36. The maximum Gasteiger partial charge on any atom is 0.258 e. The van der Waals surface area contributed by atoms with Crippen molar-refractivity contribution < 1.29 is 14.3 Å². The van der Waals surface area contributed by atoms with Crippen LogP contribution in [0, 0.1) is 0 Å². The first-order valence-electron chi connectivity index (χ1n) is 10.3. The van der Waals surface area contributed by atoms with Crippen LogP contribution in [0.3, 0.4) is 0 Å². The zero-order chi connectivity index (χ0) is 20.2. The van der Waals surface area contributed by atoms with Gasteiger partial charge in [-0.15, -0.1) is 0 Å². The highest BCUT2D eigenvalue weighted by Crippen LogP contribution is 2.28. The minimum absolute atomic E-state index is 0.0793. The van der Waals surface area contributed by atoms with Crippen molar-refractivity contribution in [1.82, 2.24) is 14.9 Å². The molecule has 7 heteroatoms. The van der Waals surface area contributed by atoms with Crippen molar-refractivity contribution in [3.8, 4) is 5.75 Å². The average Bonchev–Trinajstić information content (AvgIpc) is 2.91. The fraction of sp³-hybridized carbons (Fsp3) is 0.500. The van der Waals surface area contributed by atoms with E-state index in [-0.39, 0.29) is 18.1 Å². The zero-order valence-corrected chi connectivity index (χ0v) is 17.1. The van der Waals surface area contributed by atoms with Crippen molar-refractivity contribution in [3.05, 3.63) is 47.3 Å². The molecule has 1 aromatic heterocycles. The Morgan fingerprint density at radius 1 is 1.21 bits per heavy atom. The molecule has 0 saturated carbocycles. The lowest BCUT2D eigenvalue weighted by Gasteiger charge is -2.19. The third-order valence-corrected chi connectivity index (χ3v) is 5.22. The molecule has 1 fully saturated rings. The van der Waals surface area contributed by atoms with Crippen LogP contribution in [0.5, 0.6) is 5.75 Å². The van der Waals surface area contributed by atoms with E-state index in [9.17, 15) is 4.79 Å². The van der Waals surface area contributed by atoms with Crippen LogP contribution in [0.4, 0.5) is 5.95 Å². The quantitative estimate of drug-likeness (QED) is 0.837. The Hall–Kier alpha value is -2.67. The van der Waals surface area contributed by atoms with Gasteiger partial charge in [-0.25, -0.2) is 9.97 Å². The first-order valence-corrected chi connectivity index (χ1v) is 10.3. The van der Waals surface area contributed by atoms with Crippen LogP contribution in [0.25, 0.3) is 0 Å². The first-order chi connectivity index (χ1) is 14.1. The molecule has 1 aromatic carbocycles. The molecule has 154 valence electrons. The van der Waals surface area contributed by atoms with Gasteiger partial charge < -0.3 is 19.7 Å². The second-order valence-corrected chi connectivity index (χ2v) is 7.96. The van der Waals surface area contributed by atoms with Crippen LogP contribution in [0.2, 0.25) is 0 Å². The van der Waals surface area contributed by atoms with Crippen molar-refractivity contribution in [1.29, 1.82) is 0 Å². The van der Waals surface area contributed by atoms with E-state index in [1.165, 1.54) is 11.1 Å². The Labute approximate surface area is 171 Å². The van der Waals surface area contributed by atoms with Gasteiger partial charge in [0.25, 0.3) is 5.91 Å². The molecule has 4 rings (SSSR count). The summed E-state index contributed by atoms with van der Waals surface area (Å²) >= 11 is 0. The predicted molar refractivity (Wildman–Crippen MR) is 110 cm³/mol. The van der Waals surface area contributed by atoms with Crippen molar-refractivity contribution in [3.63, 3.8) is 0 Å². The monoisotopic (exact) mass is 396 g/mol. The summed E-state index contributed by atoms with van der Waals surface area (Å²) in [4.78, 5) is 23.0. The molecule has 1 N–H and O–H groups in total. The van der Waals surface area contributed by atoms with E-state index >= 15 is 0 Å². The molecule has 1 aliphatic carbocycles. The van der Waals surface area contributed by atoms with Gasteiger partial charge in [0.15, 0.2) is 0 Å². The molecule has 7 nitrogen and oxygen atoms in total. The number of aromatic nitrogens is 2. The molecule has 1 atom stereocenters. The van der Waals surface area contributed by atoms with Crippen molar-refractivity contribution in [2.45, 2.75) is 51.7 Å². The maximum atomic E-state index is 12.6. The van der Waals surface area contributed by atoms with Gasteiger partial charge in [-0.3, -0.25) is 4.79 Å². The number of nitrogens with one attached hydrogen (secondary N) is 1. The topological polar surface area (TPSA) is 76.6 Å². The SMILES string of the molecule is CC(C)Oc1ccc2c(c1)CC(Nc1ncc(C(=O)N3CCCCOC3)cn1)C2. The van der Waals surface area contributed by atoms with Gasteiger partial charge >= 0.3 is 0 Å². The summed E-state index contributed by atoms with van der Waals surface area (Å²) in [5.41, 5.74) is 3.12. The van der Waals surface area contributed by atoms with E-state index in [4.69, 9.17) is 9.47 Å². The summed E-state index contributed by atoms with van der Waals surface area (Å²) in [6, 6.07) is 6.54. The van der Waals surface area contributed by atoms with E-state index < -0.39 is 0 Å². The van der Waals surface area contributed by atoms with Crippen LogP contribution < -0.4 is 10.1 Å². The minimum Gasteiger partial charge on any atom is -0.491 e. The largest absolute Gasteiger partial charge is 0.491 e. The van der Waals surface area contributed by atoms with Gasteiger partial charge in [-0.05, 0) is 62.8 Å². The highest BCUT2D eigenvalue weighted by Gasteiger charge is 2.23. The van der Waals surface area contributed by atoms with Crippen LogP contribution in [0.15, 0.2) is 30.6 Å². The van der Waals surface area contributed by atoms with Gasteiger partial charge in [-0.2, -0.15) is 0 Å². The second kappa shape index (κ2) is 8.78. The molecule has 0 bridgehead atoms. The molecule has 0 radical (unpaired) electrons. The van der Waals surface area contributed by atoms with Gasteiger partial charge in [-0.1, -0.05) is 6.07 Å². The van der Waals surface area contributed by atoms with Crippen LogP contribution in [0.1, 0.15) is 48.2 Å². The molecule has 1 saturated heterocycles. The highest BCUT2D eigenvalue weighted by molar-refractivity contribution is 5.93. The van der Waals surface area contributed by atoms with Gasteiger partial charge in [0.1, 0.15) is 12.5 Å². The second-order valence-electron chi connectivity index (χ2n) is 7.96. The maximum absolute atomic E-state index is 12.6. The van der Waals surface area contributed by atoms with Crippen LogP contribution in [-0.2, 0) is 17.6 Å². The number of ether oxygens (including phenoxy) is 2. The first kappa shape index (κ1) is 19.6. The predicted octanol–water partition coefficient (Wildman–Crippen LogP) is 3.05. The Morgan fingerprint density at radius 3 is 2.79 bits per heavy atom. The van der Waals surface area contributed by atoms with Crippen LogP contribution in [-0.4, -0.2) is 52.8 Å². The normalized spacial score (nSPS) is 19.0. The fourth-order valence-corrected chi connectivity index (χ4v) is 3.83. The average molecular weight is 396 g/mol. The Bertz CT molecular complexity index is 846. The van der Waals surface area contributed by atoms with E-state index in [1.54, 1.807) is 17.3 Å². The Morgan fingerprint density at radius 2 is 2.00 bits per heavy atom. The lowest BCUT2D eigenvalue weighted by Crippen LogP contribution is -2.33. The third-order valence-electron chi connectivity index (χ3n) is 5.22. The lowest BCUT2D eigenvalue weighted by molar-refractivity contribution is 0.0368. The number of carbonyl (C=O) groups is 1. The van der Waals surface area contributed by atoms with E-state index in [0.717, 1.165) is 31.4 Å². The number of hydrogen-bond acceptors (Lipinski definition) is 6. The number of benzene rings is 1. The molecule has 0 spiro atoms. The molecule has 2 aliphatic rings. The molecule has 29 heavy (non-hydrogen) atoms. The highest BCUT2D eigenvalue weighted by atomic mass is 16.5. The number of carbonyl (C=O) groups excluding carboxylic acids is 1. The summed E-state index contributed by atoms with van der Waals surface area (Å²) < 4.78 is 11.3. The van der Waals surface area contributed by atoms with E-state index in [2.05, 4.69) is 27.4 Å². The summed E-state index contributed by atoms with van der Waals surface area (Å²) in [7, 11) is 0. The molecule has 2 heterocycles. The zero-order valence-electron chi connectivity index (χ0n) is 17.1. The molecule has 1 unspecified atom stereocenters. The van der Waals surface area contributed by atoms with Crippen LogP contribution >= 0.6 is 0 Å². The molecule has 1 aliphatic heterocycles. The third kappa shape index (κ3) is 4.85. The van der Waals surface area contributed by atoms with Crippen molar-refractivity contribution in [2.75, 3.05) is 25.2 Å². The molecule has 2 aromatic rings. The number of hydrogen-bond donors (Lipinski definition) is 1. The smallest absolute Gasteiger partial charge is 0.258 e. The number of amides is 1. The van der Waals surface area contributed by atoms with Gasteiger partial charge in [0, 0.05) is 31.6 Å². The Kier molecular flexibility index (Phi) is 5.94. The van der Waals surface area contributed by atoms with E-state index in [0.29, 0.717) is 31.4 Å². The number of rotatable bonds is 5. The summed E-state index contributed by atoms with van der Waals surface area (Å²) in [5.74, 6) is 1.38. The summed E-state index contributed by atoms with van der Waals surface area (Å²) in [5, 5.41) is 3.39. The van der Waals surface area contributed by atoms with Gasteiger partial charge in [0.05, 0.1) is 11.7 Å². The number of nitrogens with zero attached hydrogens (tertiary/aromatic N) is 3.